The molecule has 2 aromatic carbocycles. The van der Waals surface area contributed by atoms with Gasteiger partial charge in [0, 0.05) is 48.6 Å². The van der Waals surface area contributed by atoms with E-state index in [1.165, 1.54) is 22.4 Å². The van der Waals surface area contributed by atoms with Crippen molar-refractivity contribution in [3.8, 4) is 0 Å². The molecule has 9 heteroatoms. The molecule has 1 aliphatic heterocycles. The first-order valence-electron chi connectivity index (χ1n) is 12.0. The maximum absolute atomic E-state index is 4.58. The molecule has 3 aromatic heterocycles. The predicted octanol–water partition coefficient (Wildman–Crippen LogP) is 4.54. The highest BCUT2D eigenvalue weighted by Crippen LogP contribution is 2.29. The number of benzene rings is 2. The maximum Gasteiger partial charge on any atom is 0.155 e. The quantitative estimate of drug-likeness (QED) is 0.366. The number of pyridine rings is 1. The van der Waals surface area contributed by atoms with Crippen molar-refractivity contribution < 1.29 is 0 Å². The molecule has 0 spiro atoms. The molecular formula is C27H29ClN8. The van der Waals surface area contributed by atoms with Crippen molar-refractivity contribution in [3.05, 3.63) is 84.1 Å². The zero-order chi connectivity index (χ0) is 23.8. The van der Waals surface area contributed by atoms with Crippen LogP contribution in [0.3, 0.4) is 0 Å². The molecule has 184 valence electrons. The van der Waals surface area contributed by atoms with E-state index in [1.807, 2.05) is 6.20 Å². The van der Waals surface area contributed by atoms with Gasteiger partial charge in [-0.15, -0.1) is 12.4 Å². The first-order chi connectivity index (χ1) is 17.1. The van der Waals surface area contributed by atoms with Gasteiger partial charge in [0.25, 0.3) is 0 Å². The molecule has 2 N–H and O–H groups in total. The molecule has 0 saturated carbocycles. The van der Waals surface area contributed by atoms with Crippen LogP contribution in [0.25, 0.3) is 16.6 Å². The molecule has 1 fully saturated rings. The molecule has 8 nitrogen and oxygen atoms in total. The summed E-state index contributed by atoms with van der Waals surface area (Å²) in [5.41, 5.74) is 7.74. The van der Waals surface area contributed by atoms with Crippen LogP contribution >= 0.6 is 12.4 Å². The number of hydrogen-bond donors (Lipinski definition) is 2. The van der Waals surface area contributed by atoms with E-state index < -0.39 is 0 Å². The lowest BCUT2D eigenvalue weighted by Gasteiger charge is -2.33. The summed E-state index contributed by atoms with van der Waals surface area (Å²) in [6.07, 6.45) is 6.00. The summed E-state index contributed by atoms with van der Waals surface area (Å²) in [5, 5.41) is 12.2. The van der Waals surface area contributed by atoms with Crippen LogP contribution < -0.4 is 15.5 Å². The van der Waals surface area contributed by atoms with E-state index in [0.717, 1.165) is 54.1 Å². The molecular weight excluding hydrogens is 472 g/mol. The van der Waals surface area contributed by atoms with Crippen LogP contribution in [0.1, 0.15) is 23.6 Å². The SMILES string of the molecule is Cc1cc(Nc2ncnc3ccc(N4CCNC(C)C4)cc23)ccc1Cc1ccn2ncnc2c1.Cl. The summed E-state index contributed by atoms with van der Waals surface area (Å²) in [6, 6.07) is 17.6. The lowest BCUT2D eigenvalue weighted by molar-refractivity contribution is 0.485. The van der Waals surface area contributed by atoms with E-state index >= 15 is 0 Å². The summed E-state index contributed by atoms with van der Waals surface area (Å²) in [5.74, 6) is 0.824. The fraction of sp³-hybridized carbons (Fsp3) is 0.259. The second-order valence-corrected chi connectivity index (χ2v) is 9.27. The van der Waals surface area contributed by atoms with E-state index in [1.54, 1.807) is 17.2 Å². The third-order valence-electron chi connectivity index (χ3n) is 6.70. The van der Waals surface area contributed by atoms with Gasteiger partial charge in [-0.2, -0.15) is 5.10 Å². The number of hydrogen-bond acceptors (Lipinski definition) is 7. The zero-order valence-corrected chi connectivity index (χ0v) is 21.2. The lowest BCUT2D eigenvalue weighted by Crippen LogP contribution is -2.49. The average Bonchev–Trinajstić information content (AvgIpc) is 3.34. The molecule has 0 amide bonds. The van der Waals surface area contributed by atoms with Gasteiger partial charge in [-0.25, -0.2) is 19.5 Å². The summed E-state index contributed by atoms with van der Waals surface area (Å²) in [4.78, 5) is 15.8. The Hall–Kier alpha value is -3.75. The third kappa shape index (κ3) is 4.82. The molecule has 0 aliphatic carbocycles. The number of rotatable bonds is 5. The minimum Gasteiger partial charge on any atom is -0.369 e. The highest BCUT2D eigenvalue weighted by molar-refractivity contribution is 5.93. The Kier molecular flexibility index (Phi) is 6.71. The highest BCUT2D eigenvalue weighted by atomic mass is 35.5. The molecule has 5 aromatic rings. The summed E-state index contributed by atoms with van der Waals surface area (Å²) >= 11 is 0. The Labute approximate surface area is 216 Å². The van der Waals surface area contributed by atoms with Gasteiger partial charge in [0.05, 0.1) is 5.52 Å². The number of aromatic nitrogens is 5. The third-order valence-corrected chi connectivity index (χ3v) is 6.70. The molecule has 1 unspecified atom stereocenters. The number of anilines is 3. The zero-order valence-electron chi connectivity index (χ0n) is 20.3. The second-order valence-electron chi connectivity index (χ2n) is 9.27. The number of halogens is 1. The van der Waals surface area contributed by atoms with Crippen LogP contribution in [-0.2, 0) is 6.42 Å². The Morgan fingerprint density at radius 3 is 2.81 bits per heavy atom. The van der Waals surface area contributed by atoms with Crippen LogP contribution in [0.4, 0.5) is 17.2 Å². The number of nitrogens with zero attached hydrogens (tertiary/aromatic N) is 6. The minimum absolute atomic E-state index is 0. The Balaban J connectivity index is 0.00000267. The number of fused-ring (bicyclic) bond motifs is 2. The van der Waals surface area contributed by atoms with E-state index in [-0.39, 0.29) is 12.4 Å². The Morgan fingerprint density at radius 2 is 1.94 bits per heavy atom. The fourth-order valence-electron chi connectivity index (χ4n) is 4.80. The number of piperazine rings is 1. The largest absolute Gasteiger partial charge is 0.369 e. The second kappa shape index (κ2) is 10.1. The van der Waals surface area contributed by atoms with Crippen molar-refractivity contribution in [2.75, 3.05) is 29.9 Å². The topological polar surface area (TPSA) is 83.3 Å². The molecule has 0 radical (unpaired) electrons. The monoisotopic (exact) mass is 500 g/mol. The van der Waals surface area contributed by atoms with Gasteiger partial charge >= 0.3 is 0 Å². The average molecular weight is 501 g/mol. The normalized spacial score (nSPS) is 15.7. The lowest BCUT2D eigenvalue weighted by atomic mass is 10.0. The van der Waals surface area contributed by atoms with Crippen LogP contribution in [0, 0.1) is 6.92 Å². The van der Waals surface area contributed by atoms with Gasteiger partial charge in [0.15, 0.2) is 5.65 Å². The van der Waals surface area contributed by atoms with Gasteiger partial charge in [0.1, 0.15) is 18.5 Å². The van der Waals surface area contributed by atoms with Gasteiger partial charge in [-0.3, -0.25) is 0 Å². The minimum atomic E-state index is 0. The van der Waals surface area contributed by atoms with Crippen molar-refractivity contribution in [2.24, 2.45) is 0 Å². The Morgan fingerprint density at radius 1 is 1.03 bits per heavy atom. The highest BCUT2D eigenvalue weighted by Gasteiger charge is 2.17. The summed E-state index contributed by atoms with van der Waals surface area (Å²) in [6.45, 7) is 7.36. The van der Waals surface area contributed by atoms with Gasteiger partial charge in [-0.05, 0) is 79.4 Å². The molecule has 1 aliphatic rings. The fourth-order valence-corrected chi connectivity index (χ4v) is 4.80. The van der Waals surface area contributed by atoms with Crippen molar-refractivity contribution in [2.45, 2.75) is 26.3 Å². The van der Waals surface area contributed by atoms with Crippen LogP contribution in [-0.4, -0.2) is 50.2 Å². The van der Waals surface area contributed by atoms with E-state index in [0.29, 0.717) is 6.04 Å². The van der Waals surface area contributed by atoms with Crippen LogP contribution in [0.15, 0.2) is 67.4 Å². The van der Waals surface area contributed by atoms with Gasteiger partial charge in [-0.1, -0.05) is 6.07 Å². The molecule has 36 heavy (non-hydrogen) atoms. The first-order valence-corrected chi connectivity index (χ1v) is 12.0. The number of nitrogens with one attached hydrogen (secondary N) is 2. The van der Waals surface area contributed by atoms with Crippen LogP contribution in [0.5, 0.6) is 0 Å². The maximum atomic E-state index is 4.58. The van der Waals surface area contributed by atoms with E-state index in [2.05, 4.69) is 98.0 Å². The van der Waals surface area contributed by atoms with Crippen molar-refractivity contribution in [1.29, 1.82) is 0 Å². The molecule has 1 saturated heterocycles. The molecule has 4 heterocycles. The molecule has 0 bridgehead atoms. The number of aryl methyl sites for hydroxylation is 1. The molecule has 1 atom stereocenters. The smallest absolute Gasteiger partial charge is 0.155 e. The standard InChI is InChI=1S/C27H28N8.ClH/c1-18-11-22(4-3-21(18)12-20-7-9-35-26(13-20)30-17-32-35)33-27-24-14-23(5-6-25(24)29-16-31-27)34-10-8-28-19(2)15-34;/h3-7,9,11,13-14,16-17,19,28H,8,10,12,15H2,1-2H3,(H,29,31,33);1H. The van der Waals surface area contributed by atoms with Crippen LogP contribution in [0.2, 0.25) is 0 Å². The van der Waals surface area contributed by atoms with Crippen molar-refractivity contribution in [1.82, 2.24) is 29.9 Å². The van der Waals surface area contributed by atoms with E-state index in [9.17, 15) is 0 Å². The van der Waals surface area contributed by atoms with E-state index in [4.69, 9.17) is 0 Å². The van der Waals surface area contributed by atoms with Gasteiger partial charge in [0.2, 0.25) is 0 Å². The van der Waals surface area contributed by atoms with Crippen molar-refractivity contribution in [3.63, 3.8) is 0 Å². The summed E-state index contributed by atoms with van der Waals surface area (Å²) in [7, 11) is 0. The summed E-state index contributed by atoms with van der Waals surface area (Å²) < 4.78 is 1.78. The predicted molar refractivity (Wildman–Crippen MR) is 147 cm³/mol. The van der Waals surface area contributed by atoms with Gasteiger partial charge < -0.3 is 15.5 Å². The molecule has 6 rings (SSSR count). The Bertz CT molecular complexity index is 1510. The van der Waals surface area contributed by atoms with Crippen molar-refractivity contribution >= 4 is 46.1 Å². The first kappa shape index (κ1) is 24.0.